The summed E-state index contributed by atoms with van der Waals surface area (Å²) in [5, 5.41) is 11.4. The number of nitrogens with one attached hydrogen (secondary N) is 1. The molecule has 4 rings (SSSR count). The van der Waals surface area contributed by atoms with E-state index < -0.39 is 0 Å². The van der Waals surface area contributed by atoms with Crippen molar-refractivity contribution < 1.29 is 0 Å². The molecule has 5 nitrogen and oxygen atoms in total. The maximum absolute atomic E-state index is 4.36. The van der Waals surface area contributed by atoms with Crippen LogP contribution >= 0.6 is 0 Å². The maximum Gasteiger partial charge on any atom is 0.137 e. The second kappa shape index (κ2) is 4.38. The van der Waals surface area contributed by atoms with E-state index in [0.717, 1.165) is 40.5 Å². The molecule has 0 fully saturated rings. The molecule has 5 heteroatoms. The molecule has 0 atom stereocenters. The van der Waals surface area contributed by atoms with Gasteiger partial charge in [-0.3, -0.25) is 0 Å². The fourth-order valence-electron chi connectivity index (χ4n) is 2.36. The van der Waals surface area contributed by atoms with Crippen LogP contribution in [0, 0.1) is 0 Å². The van der Waals surface area contributed by atoms with Gasteiger partial charge in [0.2, 0.25) is 0 Å². The minimum atomic E-state index is 0.754. The summed E-state index contributed by atoms with van der Waals surface area (Å²) >= 11 is 0. The highest BCUT2D eigenvalue weighted by molar-refractivity contribution is 5.71. The highest BCUT2D eigenvalue weighted by Crippen LogP contribution is 2.34. The van der Waals surface area contributed by atoms with Crippen LogP contribution in [0.25, 0.3) is 6.08 Å². The van der Waals surface area contributed by atoms with Crippen molar-refractivity contribution in [2.75, 3.05) is 5.32 Å². The molecule has 1 aliphatic carbocycles. The van der Waals surface area contributed by atoms with Gasteiger partial charge in [0.15, 0.2) is 0 Å². The molecular formula is C15H11N5. The lowest BCUT2D eigenvalue weighted by Gasteiger charge is -2.17. The molecule has 1 N–H and O–H groups in total. The maximum atomic E-state index is 4.36. The van der Waals surface area contributed by atoms with E-state index in [2.05, 4.69) is 25.5 Å². The van der Waals surface area contributed by atoms with Gasteiger partial charge in [-0.2, -0.15) is 10.2 Å². The standard InChI is InChI=1S/C15H11N5/c1-2-4-11(5-3-1)19-15-12-6-10-8-18-20-13(10)7-14(12)16-9-17-15/h1-5,7-9H,6H2,(H,16,17,19). The predicted octanol–water partition coefficient (Wildman–Crippen LogP) is 3.47. The average molecular weight is 261 g/mol. The van der Waals surface area contributed by atoms with Crippen LogP contribution in [-0.4, -0.2) is 9.97 Å². The minimum Gasteiger partial charge on any atom is -0.340 e. The zero-order chi connectivity index (χ0) is 13.4. The Hall–Kier alpha value is -2.82. The third kappa shape index (κ3) is 1.80. The summed E-state index contributed by atoms with van der Waals surface area (Å²) in [7, 11) is 0. The van der Waals surface area contributed by atoms with Crippen LogP contribution in [0.15, 0.2) is 64.4 Å². The van der Waals surface area contributed by atoms with Crippen molar-refractivity contribution in [3.8, 4) is 0 Å². The zero-order valence-electron chi connectivity index (χ0n) is 10.6. The Morgan fingerprint density at radius 1 is 1.05 bits per heavy atom. The van der Waals surface area contributed by atoms with Crippen molar-refractivity contribution >= 4 is 17.6 Å². The molecule has 1 aliphatic heterocycles. The first-order chi connectivity index (χ1) is 9.90. The number of para-hydroxylation sites is 1. The van der Waals surface area contributed by atoms with E-state index in [9.17, 15) is 0 Å². The quantitative estimate of drug-likeness (QED) is 0.900. The number of hydrogen-bond acceptors (Lipinski definition) is 5. The van der Waals surface area contributed by atoms with Crippen molar-refractivity contribution in [2.24, 2.45) is 10.2 Å². The van der Waals surface area contributed by atoms with E-state index in [1.807, 2.05) is 36.4 Å². The monoisotopic (exact) mass is 261 g/mol. The lowest BCUT2D eigenvalue weighted by molar-refractivity contribution is 1.03. The molecule has 96 valence electrons. The van der Waals surface area contributed by atoms with E-state index in [0.29, 0.717) is 0 Å². The van der Waals surface area contributed by atoms with Gasteiger partial charge in [0.25, 0.3) is 0 Å². The van der Waals surface area contributed by atoms with Crippen molar-refractivity contribution in [3.05, 3.63) is 65.4 Å². The van der Waals surface area contributed by atoms with Gasteiger partial charge in [-0.15, -0.1) is 0 Å². The summed E-state index contributed by atoms with van der Waals surface area (Å²) in [6, 6.07) is 9.99. The molecule has 0 unspecified atom stereocenters. The van der Waals surface area contributed by atoms with Crippen LogP contribution in [0.5, 0.6) is 0 Å². The van der Waals surface area contributed by atoms with E-state index in [-0.39, 0.29) is 0 Å². The Labute approximate surface area is 115 Å². The van der Waals surface area contributed by atoms with Crippen LogP contribution < -0.4 is 5.32 Å². The van der Waals surface area contributed by atoms with Gasteiger partial charge < -0.3 is 5.32 Å². The Morgan fingerprint density at radius 2 is 1.95 bits per heavy atom. The van der Waals surface area contributed by atoms with Crippen LogP contribution in [-0.2, 0) is 6.42 Å². The summed E-state index contributed by atoms with van der Waals surface area (Å²) in [6.45, 7) is 0. The number of nitrogens with zero attached hydrogens (tertiary/aromatic N) is 4. The molecule has 0 amide bonds. The second-order valence-electron chi connectivity index (χ2n) is 4.65. The van der Waals surface area contributed by atoms with E-state index in [1.165, 1.54) is 0 Å². The van der Waals surface area contributed by atoms with E-state index in [4.69, 9.17) is 0 Å². The predicted molar refractivity (Wildman–Crippen MR) is 76.4 cm³/mol. The zero-order valence-corrected chi connectivity index (χ0v) is 10.6. The molecule has 0 saturated carbocycles. The molecule has 2 aliphatic rings. The summed E-state index contributed by atoms with van der Waals surface area (Å²) in [4.78, 5) is 8.69. The Morgan fingerprint density at radius 3 is 2.85 bits per heavy atom. The molecule has 0 radical (unpaired) electrons. The normalized spacial score (nSPS) is 15.2. The largest absolute Gasteiger partial charge is 0.340 e. The van der Waals surface area contributed by atoms with E-state index >= 15 is 0 Å². The lowest BCUT2D eigenvalue weighted by atomic mass is 9.96. The minimum absolute atomic E-state index is 0.754. The van der Waals surface area contributed by atoms with Crippen LogP contribution in [0.3, 0.4) is 0 Å². The third-order valence-electron chi connectivity index (χ3n) is 3.36. The van der Waals surface area contributed by atoms with Crippen LogP contribution in [0.4, 0.5) is 11.5 Å². The van der Waals surface area contributed by atoms with Gasteiger partial charge in [-0.1, -0.05) is 18.2 Å². The Kier molecular flexibility index (Phi) is 2.42. The number of benzene rings is 1. The van der Waals surface area contributed by atoms with Gasteiger partial charge >= 0.3 is 0 Å². The number of fused-ring (bicyclic) bond motifs is 2. The van der Waals surface area contributed by atoms with Crippen molar-refractivity contribution in [1.82, 2.24) is 9.97 Å². The lowest BCUT2D eigenvalue weighted by Crippen LogP contribution is -2.08. The SMILES string of the molecule is C1=C2Cc3c(ncnc3Nc3ccccc3)C=C2N=N1. The first kappa shape index (κ1) is 11.0. The Bertz CT molecular complexity index is 759. The smallest absolute Gasteiger partial charge is 0.137 e. The number of allylic oxidation sites excluding steroid dienone is 1. The van der Waals surface area contributed by atoms with Gasteiger partial charge in [-0.25, -0.2) is 9.97 Å². The molecule has 0 spiro atoms. The summed E-state index contributed by atoms with van der Waals surface area (Å²) in [5.41, 5.74) is 5.02. The summed E-state index contributed by atoms with van der Waals surface area (Å²) < 4.78 is 0. The summed E-state index contributed by atoms with van der Waals surface area (Å²) in [5.74, 6) is 0.837. The fraction of sp³-hybridized carbons (Fsp3) is 0.0667. The second-order valence-corrected chi connectivity index (χ2v) is 4.65. The molecule has 0 saturated heterocycles. The van der Waals surface area contributed by atoms with Crippen molar-refractivity contribution in [3.63, 3.8) is 0 Å². The number of aromatic nitrogens is 2. The van der Waals surface area contributed by atoms with Gasteiger partial charge in [0, 0.05) is 23.2 Å². The first-order valence-electron chi connectivity index (χ1n) is 6.38. The molecule has 1 aromatic heterocycles. The first-order valence-corrected chi connectivity index (χ1v) is 6.38. The highest BCUT2D eigenvalue weighted by Gasteiger charge is 2.22. The van der Waals surface area contributed by atoms with Crippen molar-refractivity contribution in [1.29, 1.82) is 0 Å². The van der Waals surface area contributed by atoms with Crippen LogP contribution in [0.2, 0.25) is 0 Å². The van der Waals surface area contributed by atoms with Crippen molar-refractivity contribution in [2.45, 2.75) is 6.42 Å². The number of rotatable bonds is 2. The molecular weight excluding hydrogens is 250 g/mol. The third-order valence-corrected chi connectivity index (χ3v) is 3.36. The van der Waals surface area contributed by atoms with Gasteiger partial charge in [0.05, 0.1) is 17.6 Å². The number of azo groups is 1. The molecule has 2 aromatic rings. The number of anilines is 2. The Balaban J connectivity index is 1.76. The molecule has 1 aromatic carbocycles. The van der Waals surface area contributed by atoms with Gasteiger partial charge in [0.1, 0.15) is 12.1 Å². The van der Waals surface area contributed by atoms with Gasteiger partial charge in [-0.05, 0) is 18.2 Å². The van der Waals surface area contributed by atoms with E-state index in [1.54, 1.807) is 12.5 Å². The molecule has 2 heterocycles. The van der Waals surface area contributed by atoms with Crippen LogP contribution in [0.1, 0.15) is 11.3 Å². The highest BCUT2D eigenvalue weighted by atomic mass is 15.1. The molecule has 20 heavy (non-hydrogen) atoms. The number of hydrogen-bond donors (Lipinski definition) is 1. The molecule has 0 bridgehead atoms. The average Bonchev–Trinajstić information content (AvgIpc) is 2.94. The summed E-state index contributed by atoms with van der Waals surface area (Å²) in [6.07, 6.45) is 6.08. The fourth-order valence-corrected chi connectivity index (χ4v) is 2.36. The topological polar surface area (TPSA) is 62.5 Å².